The van der Waals surface area contributed by atoms with Gasteiger partial charge in [-0.25, -0.2) is 4.79 Å². The van der Waals surface area contributed by atoms with Crippen LogP contribution in [0.4, 0.5) is 4.79 Å². The third kappa shape index (κ3) is 1.69. The third-order valence-electron chi connectivity index (χ3n) is 2.31. The topological polar surface area (TPSA) is 60.8 Å². The highest BCUT2D eigenvalue weighted by atomic mass is 16.4. The van der Waals surface area contributed by atoms with Gasteiger partial charge >= 0.3 is 6.09 Å². The van der Waals surface area contributed by atoms with E-state index in [2.05, 4.69) is 0 Å². The fourth-order valence-electron chi connectivity index (χ4n) is 1.73. The van der Waals surface area contributed by atoms with E-state index in [1.54, 1.807) is 13.8 Å². The Morgan fingerprint density at radius 3 is 2.50 bits per heavy atom. The molecule has 1 saturated heterocycles. The van der Waals surface area contributed by atoms with Gasteiger partial charge in [-0.1, -0.05) is 0 Å². The largest absolute Gasteiger partial charge is 0.465 e. The highest BCUT2D eigenvalue weighted by molar-refractivity contribution is 5.66. The van der Waals surface area contributed by atoms with Crippen LogP contribution in [0.2, 0.25) is 0 Å². The summed E-state index contributed by atoms with van der Waals surface area (Å²) < 4.78 is 0. The molecule has 1 rings (SSSR count). The van der Waals surface area contributed by atoms with Gasteiger partial charge in [-0.15, -0.1) is 0 Å². The molecule has 0 radical (unpaired) electrons. The van der Waals surface area contributed by atoms with E-state index in [0.717, 1.165) is 12.8 Å². The highest BCUT2D eigenvalue weighted by Gasteiger charge is 2.38. The smallest absolute Gasteiger partial charge is 0.407 e. The molecule has 1 amide bonds. The molecule has 4 heteroatoms. The Hall–Kier alpha value is -0.770. The Morgan fingerprint density at radius 2 is 2.17 bits per heavy atom. The average molecular weight is 173 g/mol. The molecular formula is C8H15NO3. The summed E-state index contributed by atoms with van der Waals surface area (Å²) in [4.78, 5) is 12.0. The van der Waals surface area contributed by atoms with Crippen LogP contribution in [0, 0.1) is 0 Å². The van der Waals surface area contributed by atoms with Crippen LogP contribution in [-0.2, 0) is 0 Å². The Morgan fingerprint density at radius 1 is 1.58 bits per heavy atom. The molecule has 0 aromatic rings. The summed E-state index contributed by atoms with van der Waals surface area (Å²) >= 11 is 0. The molecule has 0 saturated carbocycles. The minimum Gasteiger partial charge on any atom is -0.465 e. The maximum absolute atomic E-state index is 10.7. The Kier molecular flexibility index (Phi) is 2.28. The second-order valence-electron chi connectivity index (χ2n) is 3.79. The first-order valence-corrected chi connectivity index (χ1v) is 4.15. The van der Waals surface area contributed by atoms with Crippen LogP contribution in [0.1, 0.15) is 26.7 Å². The zero-order chi connectivity index (χ0) is 9.35. The number of carboxylic acid groups (broad SMARTS) is 1. The molecule has 70 valence electrons. The minimum atomic E-state index is -0.931. The van der Waals surface area contributed by atoms with Crippen molar-refractivity contribution in [2.75, 3.05) is 6.54 Å². The van der Waals surface area contributed by atoms with Gasteiger partial charge in [-0.05, 0) is 26.7 Å². The molecule has 0 bridgehead atoms. The van der Waals surface area contributed by atoms with Crippen molar-refractivity contribution in [3.8, 4) is 0 Å². The molecule has 1 fully saturated rings. The van der Waals surface area contributed by atoms with Crippen LogP contribution in [0.25, 0.3) is 0 Å². The fourth-order valence-corrected chi connectivity index (χ4v) is 1.73. The van der Waals surface area contributed by atoms with E-state index in [0.29, 0.717) is 6.54 Å². The molecule has 4 nitrogen and oxygen atoms in total. The minimum absolute atomic E-state index is 0.241. The highest BCUT2D eigenvalue weighted by Crippen LogP contribution is 2.26. The van der Waals surface area contributed by atoms with E-state index in [1.165, 1.54) is 4.90 Å². The van der Waals surface area contributed by atoms with Gasteiger partial charge in [-0.2, -0.15) is 0 Å². The van der Waals surface area contributed by atoms with E-state index in [4.69, 9.17) is 5.11 Å². The van der Waals surface area contributed by atoms with E-state index in [9.17, 15) is 9.90 Å². The summed E-state index contributed by atoms with van der Waals surface area (Å²) in [5.74, 6) is 0. The summed E-state index contributed by atoms with van der Waals surface area (Å²) in [6.07, 6.45) is 0.677. The molecule has 0 aromatic heterocycles. The normalized spacial score (nSPS) is 24.6. The molecule has 0 aliphatic carbocycles. The van der Waals surface area contributed by atoms with Crippen molar-refractivity contribution in [3.05, 3.63) is 0 Å². The van der Waals surface area contributed by atoms with Gasteiger partial charge in [0, 0.05) is 6.54 Å². The van der Waals surface area contributed by atoms with Crippen molar-refractivity contribution < 1.29 is 15.0 Å². The Labute approximate surface area is 71.8 Å². The number of carbonyl (C=O) groups is 1. The number of aliphatic hydroxyl groups is 1. The lowest BCUT2D eigenvalue weighted by atomic mass is 9.97. The molecule has 0 unspecified atom stereocenters. The molecule has 1 heterocycles. The number of nitrogens with zero attached hydrogens (tertiary/aromatic N) is 1. The van der Waals surface area contributed by atoms with Crippen molar-refractivity contribution in [2.24, 2.45) is 0 Å². The number of hydrogen-bond acceptors (Lipinski definition) is 2. The standard InChI is InChI=1S/C8H15NO3/c1-8(2,12)6-4-3-5-9(6)7(10)11/h6,12H,3-5H2,1-2H3,(H,10,11)/t6-/m0/s1. The lowest BCUT2D eigenvalue weighted by molar-refractivity contribution is 0.00186. The van der Waals surface area contributed by atoms with E-state index >= 15 is 0 Å². The quantitative estimate of drug-likeness (QED) is 0.619. The third-order valence-corrected chi connectivity index (χ3v) is 2.31. The maximum atomic E-state index is 10.7. The summed E-state index contributed by atoms with van der Waals surface area (Å²) in [6, 6.07) is -0.241. The van der Waals surface area contributed by atoms with Crippen LogP contribution >= 0.6 is 0 Å². The summed E-state index contributed by atoms with van der Waals surface area (Å²) in [7, 11) is 0. The van der Waals surface area contributed by atoms with E-state index < -0.39 is 11.7 Å². The van der Waals surface area contributed by atoms with Crippen molar-refractivity contribution >= 4 is 6.09 Å². The monoisotopic (exact) mass is 173 g/mol. The van der Waals surface area contributed by atoms with Gasteiger partial charge in [-0.3, -0.25) is 0 Å². The van der Waals surface area contributed by atoms with Crippen molar-refractivity contribution in [1.82, 2.24) is 4.90 Å². The van der Waals surface area contributed by atoms with Crippen LogP contribution in [0.3, 0.4) is 0 Å². The maximum Gasteiger partial charge on any atom is 0.407 e. The SMILES string of the molecule is CC(C)(O)[C@@H]1CCCN1C(=O)O. The first-order chi connectivity index (χ1) is 5.43. The zero-order valence-electron chi connectivity index (χ0n) is 7.45. The van der Waals surface area contributed by atoms with Gasteiger partial charge in [0.05, 0.1) is 11.6 Å². The zero-order valence-corrected chi connectivity index (χ0v) is 7.45. The summed E-state index contributed by atoms with van der Waals surface area (Å²) in [6.45, 7) is 3.85. The van der Waals surface area contributed by atoms with Crippen molar-refractivity contribution in [1.29, 1.82) is 0 Å². The second-order valence-corrected chi connectivity index (χ2v) is 3.79. The molecule has 1 aliphatic heterocycles. The first-order valence-electron chi connectivity index (χ1n) is 4.15. The predicted molar refractivity (Wildman–Crippen MR) is 44.1 cm³/mol. The average Bonchev–Trinajstić information content (AvgIpc) is 2.30. The van der Waals surface area contributed by atoms with Gasteiger partial charge < -0.3 is 15.1 Å². The lowest BCUT2D eigenvalue weighted by Gasteiger charge is -2.31. The first kappa shape index (κ1) is 9.32. The molecule has 2 N–H and O–H groups in total. The summed E-state index contributed by atoms with van der Waals surface area (Å²) in [5.41, 5.74) is -0.922. The van der Waals surface area contributed by atoms with E-state index in [1.807, 2.05) is 0 Å². The van der Waals surface area contributed by atoms with E-state index in [-0.39, 0.29) is 6.04 Å². The van der Waals surface area contributed by atoms with Gasteiger partial charge in [0.25, 0.3) is 0 Å². The van der Waals surface area contributed by atoms with Crippen molar-refractivity contribution in [3.63, 3.8) is 0 Å². The number of amides is 1. The van der Waals surface area contributed by atoms with Crippen LogP contribution in [0.15, 0.2) is 0 Å². The number of likely N-dealkylation sites (tertiary alicyclic amines) is 1. The Bertz CT molecular complexity index is 185. The lowest BCUT2D eigenvalue weighted by Crippen LogP contribution is -2.47. The molecule has 0 aromatic carbocycles. The van der Waals surface area contributed by atoms with Crippen LogP contribution in [-0.4, -0.2) is 39.4 Å². The fraction of sp³-hybridized carbons (Fsp3) is 0.875. The second kappa shape index (κ2) is 2.94. The van der Waals surface area contributed by atoms with Crippen LogP contribution in [0.5, 0.6) is 0 Å². The predicted octanol–water partition coefficient (Wildman–Crippen LogP) is 0.900. The van der Waals surface area contributed by atoms with Gasteiger partial charge in [0.1, 0.15) is 0 Å². The van der Waals surface area contributed by atoms with Gasteiger partial charge in [0.2, 0.25) is 0 Å². The molecule has 1 aliphatic rings. The van der Waals surface area contributed by atoms with Crippen LogP contribution < -0.4 is 0 Å². The molecule has 12 heavy (non-hydrogen) atoms. The Balaban J connectivity index is 2.71. The number of rotatable bonds is 1. The number of hydrogen-bond donors (Lipinski definition) is 2. The molecule has 1 atom stereocenters. The summed E-state index contributed by atoms with van der Waals surface area (Å²) in [5, 5.41) is 18.4. The van der Waals surface area contributed by atoms with Crippen molar-refractivity contribution in [2.45, 2.75) is 38.3 Å². The molecular weight excluding hydrogens is 158 g/mol. The molecule has 0 spiro atoms. The van der Waals surface area contributed by atoms with Gasteiger partial charge in [0.15, 0.2) is 0 Å².